The second-order valence-electron chi connectivity index (χ2n) is 6.31. The summed E-state index contributed by atoms with van der Waals surface area (Å²) in [6, 6.07) is 5.61. The zero-order chi connectivity index (χ0) is 13.5. The number of piperidine rings is 1. The number of nitrogens with zero attached hydrogens (tertiary/aromatic N) is 2. The van der Waals surface area contributed by atoms with Gasteiger partial charge in [-0.05, 0) is 36.9 Å². The lowest BCUT2D eigenvalue weighted by Gasteiger charge is -2.37. The second kappa shape index (κ2) is 4.53. The van der Waals surface area contributed by atoms with Crippen molar-refractivity contribution in [2.45, 2.75) is 33.2 Å². The van der Waals surface area contributed by atoms with Crippen molar-refractivity contribution in [1.29, 1.82) is 0 Å². The highest BCUT2D eigenvalue weighted by molar-refractivity contribution is 5.76. The Bertz CT molecular complexity index is 588. The number of oxazole rings is 1. The molecule has 0 saturated carbocycles. The van der Waals surface area contributed by atoms with Crippen LogP contribution in [0.1, 0.15) is 32.6 Å². The van der Waals surface area contributed by atoms with E-state index < -0.39 is 0 Å². The van der Waals surface area contributed by atoms with Gasteiger partial charge in [-0.3, -0.25) is 4.90 Å². The molecule has 1 aromatic carbocycles. The van der Waals surface area contributed by atoms with Crippen LogP contribution in [0.5, 0.6) is 0 Å². The fourth-order valence-electron chi connectivity index (χ4n) is 2.93. The minimum atomic E-state index is 0.398. The van der Waals surface area contributed by atoms with E-state index in [0.29, 0.717) is 11.1 Å². The van der Waals surface area contributed by atoms with Crippen molar-refractivity contribution in [1.82, 2.24) is 9.88 Å². The Hall–Kier alpha value is -1.55. The van der Waals surface area contributed by atoms with Gasteiger partial charge in [0.1, 0.15) is 5.52 Å². The van der Waals surface area contributed by atoms with Gasteiger partial charge in [0.15, 0.2) is 5.58 Å². The van der Waals surface area contributed by atoms with Crippen LogP contribution in [0.3, 0.4) is 0 Å². The Morgan fingerprint density at radius 3 is 3.05 bits per heavy atom. The Labute approximate surface area is 113 Å². The van der Waals surface area contributed by atoms with Crippen LogP contribution in [-0.2, 0) is 6.54 Å². The maximum Gasteiger partial charge on any atom is 0.209 e. The predicted molar refractivity (Wildman–Crippen MR) is 76.7 cm³/mol. The van der Waals surface area contributed by atoms with E-state index in [1.807, 2.05) is 18.2 Å². The molecule has 1 aromatic heterocycles. The maximum atomic E-state index is 5.79. The number of nitrogens with two attached hydrogens (primary N) is 1. The van der Waals surface area contributed by atoms with Crippen molar-refractivity contribution in [2.75, 3.05) is 18.8 Å². The van der Waals surface area contributed by atoms with Gasteiger partial charge >= 0.3 is 0 Å². The largest absolute Gasteiger partial charge is 0.439 e. The quantitative estimate of drug-likeness (QED) is 0.842. The van der Waals surface area contributed by atoms with E-state index >= 15 is 0 Å². The molecule has 4 nitrogen and oxygen atoms in total. The molecule has 0 aliphatic carbocycles. The summed E-state index contributed by atoms with van der Waals surface area (Å²) in [6.07, 6.45) is 2.55. The van der Waals surface area contributed by atoms with Gasteiger partial charge in [-0.1, -0.05) is 13.8 Å². The van der Waals surface area contributed by atoms with E-state index in [-0.39, 0.29) is 0 Å². The van der Waals surface area contributed by atoms with Crippen molar-refractivity contribution < 1.29 is 4.42 Å². The molecule has 0 amide bonds. The van der Waals surface area contributed by atoms with Crippen LogP contribution < -0.4 is 5.73 Å². The summed E-state index contributed by atoms with van der Waals surface area (Å²) in [5, 5.41) is 0. The van der Waals surface area contributed by atoms with Crippen molar-refractivity contribution >= 4 is 16.8 Å². The fraction of sp³-hybridized carbons (Fsp3) is 0.533. The van der Waals surface area contributed by atoms with Gasteiger partial charge in [-0.15, -0.1) is 0 Å². The number of benzene rings is 1. The van der Waals surface area contributed by atoms with Gasteiger partial charge in [-0.25, -0.2) is 4.98 Å². The lowest BCUT2D eigenvalue weighted by molar-refractivity contribution is 0.104. The van der Waals surface area contributed by atoms with E-state index in [1.54, 1.807) is 0 Å². The number of fused-ring (bicyclic) bond motifs is 1. The molecule has 1 aliphatic heterocycles. The number of anilines is 1. The molecule has 1 fully saturated rings. The predicted octanol–water partition coefficient (Wildman–Crippen LogP) is 3.03. The highest BCUT2D eigenvalue weighted by Gasteiger charge is 2.27. The number of likely N-dealkylation sites (tertiary alicyclic amines) is 1. The molecular weight excluding hydrogens is 238 g/mol. The van der Waals surface area contributed by atoms with E-state index in [9.17, 15) is 0 Å². The van der Waals surface area contributed by atoms with Crippen molar-refractivity contribution in [2.24, 2.45) is 5.41 Å². The van der Waals surface area contributed by atoms with Gasteiger partial charge in [0.25, 0.3) is 0 Å². The fourth-order valence-corrected chi connectivity index (χ4v) is 2.93. The van der Waals surface area contributed by atoms with Crippen LogP contribution in [0.25, 0.3) is 11.1 Å². The van der Waals surface area contributed by atoms with Gasteiger partial charge < -0.3 is 10.2 Å². The molecule has 2 N–H and O–H groups in total. The molecule has 0 spiro atoms. The summed E-state index contributed by atoms with van der Waals surface area (Å²) in [7, 11) is 0. The Morgan fingerprint density at radius 2 is 2.26 bits per heavy atom. The third kappa shape index (κ3) is 2.73. The van der Waals surface area contributed by atoms with Gasteiger partial charge in [-0.2, -0.15) is 0 Å². The topological polar surface area (TPSA) is 55.3 Å². The Kier molecular flexibility index (Phi) is 2.97. The summed E-state index contributed by atoms with van der Waals surface area (Å²) >= 11 is 0. The number of rotatable bonds is 2. The SMILES string of the molecule is CC1(C)CCCN(Cc2nc3ccc(N)cc3o2)C1. The molecule has 19 heavy (non-hydrogen) atoms. The summed E-state index contributed by atoms with van der Waals surface area (Å²) in [5.41, 5.74) is 8.54. The lowest BCUT2D eigenvalue weighted by atomic mass is 9.84. The highest BCUT2D eigenvalue weighted by atomic mass is 16.3. The number of nitrogen functional groups attached to an aromatic ring is 1. The van der Waals surface area contributed by atoms with Crippen LogP contribution in [-0.4, -0.2) is 23.0 Å². The van der Waals surface area contributed by atoms with Crippen molar-refractivity contribution in [3.8, 4) is 0 Å². The molecule has 102 valence electrons. The molecule has 3 rings (SSSR count). The van der Waals surface area contributed by atoms with Gasteiger partial charge in [0, 0.05) is 18.3 Å². The highest BCUT2D eigenvalue weighted by Crippen LogP contribution is 2.29. The molecule has 1 saturated heterocycles. The molecule has 0 radical (unpaired) electrons. The maximum absolute atomic E-state index is 5.79. The molecule has 1 aliphatic rings. The Balaban J connectivity index is 1.77. The van der Waals surface area contributed by atoms with Crippen LogP contribution in [0.4, 0.5) is 5.69 Å². The summed E-state index contributed by atoms with van der Waals surface area (Å²) in [6.45, 7) is 7.67. The molecular formula is C15H21N3O. The van der Waals surface area contributed by atoms with E-state index in [0.717, 1.165) is 36.6 Å². The van der Waals surface area contributed by atoms with Crippen molar-refractivity contribution in [3.63, 3.8) is 0 Å². The Morgan fingerprint density at radius 1 is 1.42 bits per heavy atom. The first-order chi connectivity index (χ1) is 9.02. The second-order valence-corrected chi connectivity index (χ2v) is 6.31. The van der Waals surface area contributed by atoms with Crippen LogP contribution in [0, 0.1) is 5.41 Å². The number of hydrogen-bond donors (Lipinski definition) is 1. The summed E-state index contributed by atoms with van der Waals surface area (Å²) < 4.78 is 5.79. The number of aromatic nitrogens is 1. The molecule has 0 unspecified atom stereocenters. The first-order valence-corrected chi connectivity index (χ1v) is 6.89. The lowest BCUT2D eigenvalue weighted by Crippen LogP contribution is -2.39. The average molecular weight is 259 g/mol. The monoisotopic (exact) mass is 259 g/mol. The van der Waals surface area contributed by atoms with E-state index in [2.05, 4.69) is 23.7 Å². The van der Waals surface area contributed by atoms with Crippen molar-refractivity contribution in [3.05, 3.63) is 24.1 Å². The normalized spacial score (nSPS) is 19.9. The smallest absolute Gasteiger partial charge is 0.209 e. The zero-order valence-corrected chi connectivity index (χ0v) is 11.6. The third-order valence-corrected chi connectivity index (χ3v) is 3.80. The third-order valence-electron chi connectivity index (χ3n) is 3.80. The van der Waals surface area contributed by atoms with E-state index in [4.69, 9.17) is 10.2 Å². The molecule has 2 aromatic rings. The standard InChI is InChI=1S/C15H21N3O/c1-15(2)6-3-7-18(10-15)9-14-17-12-5-4-11(16)8-13(12)19-14/h4-5,8H,3,6-7,9-10,16H2,1-2H3. The average Bonchev–Trinajstić information content (AvgIpc) is 2.68. The molecule has 0 atom stereocenters. The van der Waals surface area contributed by atoms with Crippen LogP contribution in [0.2, 0.25) is 0 Å². The summed E-state index contributed by atoms with van der Waals surface area (Å²) in [4.78, 5) is 6.96. The number of hydrogen-bond acceptors (Lipinski definition) is 4. The van der Waals surface area contributed by atoms with Crippen LogP contribution in [0.15, 0.2) is 22.6 Å². The molecule has 4 heteroatoms. The van der Waals surface area contributed by atoms with Crippen LogP contribution >= 0.6 is 0 Å². The molecule has 0 bridgehead atoms. The molecule has 2 heterocycles. The van der Waals surface area contributed by atoms with Gasteiger partial charge in [0.2, 0.25) is 5.89 Å². The first-order valence-electron chi connectivity index (χ1n) is 6.89. The van der Waals surface area contributed by atoms with E-state index in [1.165, 1.54) is 12.8 Å². The minimum absolute atomic E-state index is 0.398. The minimum Gasteiger partial charge on any atom is -0.439 e. The first kappa shape index (κ1) is 12.5. The summed E-state index contributed by atoms with van der Waals surface area (Å²) in [5.74, 6) is 0.790. The zero-order valence-electron chi connectivity index (χ0n) is 11.6. The van der Waals surface area contributed by atoms with Gasteiger partial charge in [0.05, 0.1) is 6.54 Å².